The lowest BCUT2D eigenvalue weighted by Crippen LogP contribution is -2.21. The molecule has 108 valence electrons. The molecule has 0 saturated carbocycles. The van der Waals surface area contributed by atoms with Gasteiger partial charge in [-0.3, -0.25) is 0 Å². The van der Waals surface area contributed by atoms with Crippen molar-refractivity contribution in [3.8, 4) is 11.8 Å². The van der Waals surface area contributed by atoms with Crippen molar-refractivity contribution in [2.45, 2.75) is 20.4 Å². The topological polar surface area (TPSA) is 65.5 Å². The molecule has 1 N–H and O–H groups in total. The van der Waals surface area contributed by atoms with Crippen LogP contribution >= 0.6 is 0 Å². The van der Waals surface area contributed by atoms with Gasteiger partial charge in [0.05, 0.1) is 26.4 Å². The number of ether oxygens (including phenoxy) is 3. The highest BCUT2D eigenvalue weighted by Gasteiger charge is 2.11. The van der Waals surface area contributed by atoms with E-state index in [4.69, 9.17) is 14.2 Å². The lowest BCUT2D eigenvalue weighted by atomic mass is 10.2. The normalized spacial score (nSPS) is 10.8. The van der Waals surface area contributed by atoms with Crippen LogP contribution in [0.2, 0.25) is 0 Å². The van der Waals surface area contributed by atoms with E-state index in [1.54, 1.807) is 14.2 Å². The molecule has 0 unspecified atom stereocenters. The van der Waals surface area contributed by atoms with Crippen LogP contribution in [0.4, 0.5) is 0 Å². The average Bonchev–Trinajstić information content (AvgIpc) is 2.42. The minimum Gasteiger partial charge on any atom is -0.481 e. The first-order valence-electron chi connectivity index (χ1n) is 6.39. The van der Waals surface area contributed by atoms with E-state index >= 15 is 0 Å². The van der Waals surface area contributed by atoms with Gasteiger partial charge in [-0.1, -0.05) is 13.8 Å². The SMILES string of the molecule is COc1ncnc(OC)c1CNCCOCC(C)C. The molecule has 6 nitrogen and oxygen atoms in total. The maximum absolute atomic E-state index is 5.49. The van der Waals surface area contributed by atoms with Crippen LogP contribution < -0.4 is 14.8 Å². The number of nitrogens with one attached hydrogen (secondary N) is 1. The summed E-state index contributed by atoms with van der Waals surface area (Å²) in [5, 5.41) is 3.26. The van der Waals surface area contributed by atoms with Crippen molar-refractivity contribution >= 4 is 0 Å². The number of aromatic nitrogens is 2. The molecule has 1 aromatic heterocycles. The highest BCUT2D eigenvalue weighted by Crippen LogP contribution is 2.22. The molecule has 0 fully saturated rings. The molecular weight excluding hydrogens is 246 g/mol. The van der Waals surface area contributed by atoms with Crippen molar-refractivity contribution in [3.05, 3.63) is 11.9 Å². The maximum atomic E-state index is 5.49. The van der Waals surface area contributed by atoms with E-state index in [9.17, 15) is 0 Å². The zero-order valence-electron chi connectivity index (χ0n) is 12.1. The smallest absolute Gasteiger partial charge is 0.224 e. The zero-order valence-corrected chi connectivity index (χ0v) is 12.1. The Morgan fingerprint density at radius 1 is 1.16 bits per heavy atom. The summed E-state index contributed by atoms with van der Waals surface area (Å²) in [7, 11) is 3.16. The highest BCUT2D eigenvalue weighted by molar-refractivity contribution is 5.34. The van der Waals surface area contributed by atoms with Gasteiger partial charge in [0.25, 0.3) is 0 Å². The second kappa shape index (κ2) is 8.66. The third-order valence-electron chi connectivity index (χ3n) is 2.43. The van der Waals surface area contributed by atoms with Crippen LogP contribution in [-0.2, 0) is 11.3 Å². The average molecular weight is 269 g/mol. The van der Waals surface area contributed by atoms with Gasteiger partial charge in [-0.05, 0) is 5.92 Å². The van der Waals surface area contributed by atoms with Gasteiger partial charge in [-0.2, -0.15) is 0 Å². The Hall–Kier alpha value is -1.40. The summed E-state index contributed by atoms with van der Waals surface area (Å²) in [6, 6.07) is 0. The summed E-state index contributed by atoms with van der Waals surface area (Å²) < 4.78 is 15.9. The van der Waals surface area contributed by atoms with Crippen LogP contribution in [0.1, 0.15) is 19.4 Å². The van der Waals surface area contributed by atoms with Crippen molar-refractivity contribution in [1.29, 1.82) is 0 Å². The molecule has 0 aromatic carbocycles. The molecule has 1 heterocycles. The second-order valence-electron chi connectivity index (χ2n) is 4.52. The fourth-order valence-electron chi connectivity index (χ4n) is 1.56. The molecule has 0 spiro atoms. The Morgan fingerprint density at radius 2 is 1.79 bits per heavy atom. The Kier molecular flexibility index (Phi) is 7.14. The van der Waals surface area contributed by atoms with Crippen LogP contribution in [0.3, 0.4) is 0 Å². The van der Waals surface area contributed by atoms with Crippen LogP contribution in [0.5, 0.6) is 11.8 Å². The Bertz CT molecular complexity index is 350. The van der Waals surface area contributed by atoms with E-state index in [0.717, 1.165) is 18.7 Å². The van der Waals surface area contributed by atoms with Gasteiger partial charge in [-0.25, -0.2) is 9.97 Å². The fourth-order valence-corrected chi connectivity index (χ4v) is 1.56. The van der Waals surface area contributed by atoms with Crippen LogP contribution in [-0.4, -0.2) is 43.9 Å². The van der Waals surface area contributed by atoms with Gasteiger partial charge < -0.3 is 19.5 Å². The van der Waals surface area contributed by atoms with E-state index in [1.165, 1.54) is 6.33 Å². The molecule has 0 amide bonds. The maximum Gasteiger partial charge on any atom is 0.224 e. The Morgan fingerprint density at radius 3 is 2.32 bits per heavy atom. The van der Waals surface area contributed by atoms with Crippen molar-refractivity contribution in [1.82, 2.24) is 15.3 Å². The molecule has 0 bridgehead atoms. The van der Waals surface area contributed by atoms with Gasteiger partial charge in [-0.15, -0.1) is 0 Å². The number of methoxy groups -OCH3 is 2. The van der Waals surface area contributed by atoms with E-state index in [2.05, 4.69) is 29.1 Å². The van der Waals surface area contributed by atoms with Gasteiger partial charge in [0.1, 0.15) is 6.33 Å². The van der Waals surface area contributed by atoms with Crippen LogP contribution in [0.15, 0.2) is 6.33 Å². The van der Waals surface area contributed by atoms with Crippen molar-refractivity contribution in [2.24, 2.45) is 5.92 Å². The molecule has 19 heavy (non-hydrogen) atoms. The summed E-state index contributed by atoms with van der Waals surface area (Å²) >= 11 is 0. The summed E-state index contributed by atoms with van der Waals surface area (Å²) in [5.74, 6) is 1.62. The number of hydrogen-bond donors (Lipinski definition) is 1. The molecular formula is C13H23N3O3. The molecule has 0 aliphatic heterocycles. The Labute approximate surface area is 114 Å². The van der Waals surface area contributed by atoms with E-state index < -0.39 is 0 Å². The molecule has 0 atom stereocenters. The molecule has 6 heteroatoms. The first-order chi connectivity index (χ1) is 9.19. The molecule has 0 saturated heterocycles. The fraction of sp³-hybridized carbons (Fsp3) is 0.692. The molecule has 1 aromatic rings. The molecule has 0 radical (unpaired) electrons. The van der Waals surface area contributed by atoms with Gasteiger partial charge >= 0.3 is 0 Å². The van der Waals surface area contributed by atoms with Crippen molar-refractivity contribution in [3.63, 3.8) is 0 Å². The van der Waals surface area contributed by atoms with E-state index in [0.29, 0.717) is 30.8 Å². The number of hydrogen-bond acceptors (Lipinski definition) is 6. The van der Waals surface area contributed by atoms with Crippen molar-refractivity contribution < 1.29 is 14.2 Å². The third-order valence-corrected chi connectivity index (χ3v) is 2.43. The minimum atomic E-state index is 0.530. The van der Waals surface area contributed by atoms with Crippen LogP contribution in [0, 0.1) is 5.92 Å². The zero-order chi connectivity index (χ0) is 14.1. The molecule has 0 aliphatic rings. The number of nitrogens with zero attached hydrogens (tertiary/aromatic N) is 2. The standard InChI is InChI=1S/C13H23N3O3/c1-10(2)8-19-6-5-14-7-11-12(17-3)15-9-16-13(11)18-4/h9-10,14H,5-8H2,1-4H3. The quantitative estimate of drug-likeness (QED) is 0.681. The monoisotopic (exact) mass is 269 g/mol. The highest BCUT2D eigenvalue weighted by atomic mass is 16.5. The summed E-state index contributed by atoms with van der Waals surface area (Å²) in [5.41, 5.74) is 0.816. The molecule has 1 rings (SSSR count). The first-order valence-corrected chi connectivity index (χ1v) is 6.39. The van der Waals surface area contributed by atoms with Crippen molar-refractivity contribution in [2.75, 3.05) is 34.0 Å². The van der Waals surface area contributed by atoms with E-state index in [1.807, 2.05) is 0 Å². The van der Waals surface area contributed by atoms with E-state index in [-0.39, 0.29) is 0 Å². The van der Waals surface area contributed by atoms with Crippen LogP contribution in [0.25, 0.3) is 0 Å². The lowest BCUT2D eigenvalue weighted by molar-refractivity contribution is 0.111. The summed E-state index contributed by atoms with van der Waals surface area (Å²) in [4.78, 5) is 8.12. The van der Waals surface area contributed by atoms with Gasteiger partial charge in [0.15, 0.2) is 0 Å². The first kappa shape index (κ1) is 15.7. The number of rotatable bonds is 9. The third kappa shape index (κ3) is 5.40. The Balaban J connectivity index is 2.40. The minimum absolute atomic E-state index is 0.530. The summed E-state index contributed by atoms with van der Waals surface area (Å²) in [6.45, 7) is 7.06. The van der Waals surface area contributed by atoms with Gasteiger partial charge in [0, 0.05) is 19.7 Å². The predicted octanol–water partition coefficient (Wildman–Crippen LogP) is 1.26. The predicted molar refractivity (Wildman–Crippen MR) is 72.5 cm³/mol. The largest absolute Gasteiger partial charge is 0.481 e. The second-order valence-corrected chi connectivity index (χ2v) is 4.52. The van der Waals surface area contributed by atoms with Gasteiger partial charge in [0.2, 0.25) is 11.8 Å². The lowest BCUT2D eigenvalue weighted by Gasteiger charge is -2.12. The summed E-state index contributed by atoms with van der Waals surface area (Å²) in [6.07, 6.45) is 1.42. The molecule has 0 aliphatic carbocycles.